The lowest BCUT2D eigenvalue weighted by molar-refractivity contribution is 0.753. The summed E-state index contributed by atoms with van der Waals surface area (Å²) in [5.74, 6) is 3.47. The van der Waals surface area contributed by atoms with Gasteiger partial charge in [-0.1, -0.05) is 5.92 Å². The molecule has 0 N–H and O–H groups in total. The molecule has 0 aliphatic heterocycles. The van der Waals surface area contributed by atoms with Crippen LogP contribution in [0.4, 0.5) is 5.69 Å². The van der Waals surface area contributed by atoms with Crippen molar-refractivity contribution in [2.45, 2.75) is 20.4 Å². The maximum absolute atomic E-state index is 7.10. The first-order valence-electron chi connectivity index (χ1n) is 5.06. The summed E-state index contributed by atoms with van der Waals surface area (Å²) in [5, 5.41) is 0. The van der Waals surface area contributed by atoms with Crippen LogP contribution in [-0.2, 0) is 6.54 Å². The summed E-state index contributed by atoms with van der Waals surface area (Å²) >= 11 is 0. The number of terminal acetylenes is 1. The largest absolute Gasteiger partial charge is 0.330 e. The van der Waals surface area contributed by atoms with Crippen molar-refractivity contribution in [3.05, 3.63) is 34.9 Å². The van der Waals surface area contributed by atoms with E-state index in [1.54, 1.807) is 0 Å². The second kappa shape index (κ2) is 3.72. The van der Waals surface area contributed by atoms with E-state index < -0.39 is 0 Å². The average molecular weight is 209 g/mol. The van der Waals surface area contributed by atoms with Gasteiger partial charge in [0.2, 0.25) is 5.69 Å². The topological polar surface area (TPSA) is 22.2 Å². The van der Waals surface area contributed by atoms with Gasteiger partial charge in [-0.15, -0.1) is 6.42 Å². The molecule has 2 aromatic rings. The second-order valence-corrected chi connectivity index (χ2v) is 3.52. The summed E-state index contributed by atoms with van der Waals surface area (Å²) in [4.78, 5) is 7.88. The Labute approximate surface area is 94.5 Å². The molecule has 1 heterocycles. The normalized spacial score (nSPS) is 10.0. The molecule has 0 saturated carbocycles. The summed E-state index contributed by atoms with van der Waals surface area (Å²) in [5.41, 5.74) is 2.97. The summed E-state index contributed by atoms with van der Waals surface area (Å²) in [6, 6.07) is 3.63. The quantitative estimate of drug-likeness (QED) is 0.523. The Morgan fingerprint density at radius 1 is 1.56 bits per heavy atom. The van der Waals surface area contributed by atoms with Crippen LogP contribution in [0.3, 0.4) is 0 Å². The maximum atomic E-state index is 7.10. The van der Waals surface area contributed by atoms with Crippen LogP contribution in [0.1, 0.15) is 18.3 Å². The van der Waals surface area contributed by atoms with Crippen molar-refractivity contribution in [2.75, 3.05) is 0 Å². The Kier molecular flexibility index (Phi) is 2.38. The lowest BCUT2D eigenvalue weighted by Gasteiger charge is -2.02. The molecule has 0 amide bonds. The molecular weight excluding hydrogens is 198 g/mol. The molecule has 16 heavy (non-hydrogen) atoms. The van der Waals surface area contributed by atoms with E-state index in [0.717, 1.165) is 23.4 Å². The first-order valence-corrected chi connectivity index (χ1v) is 5.06. The zero-order valence-corrected chi connectivity index (χ0v) is 9.28. The Morgan fingerprint density at radius 3 is 2.88 bits per heavy atom. The lowest BCUT2D eigenvalue weighted by Crippen LogP contribution is -1.96. The predicted molar refractivity (Wildman–Crippen MR) is 64.3 cm³/mol. The van der Waals surface area contributed by atoms with Gasteiger partial charge in [0.05, 0.1) is 17.6 Å². The SMILES string of the molecule is [C-]#[N+]c1cc2c(cc1C#C)nc(C)n2CC. The van der Waals surface area contributed by atoms with Gasteiger partial charge < -0.3 is 4.57 Å². The smallest absolute Gasteiger partial charge is 0.204 e. The minimum Gasteiger partial charge on any atom is -0.330 e. The van der Waals surface area contributed by atoms with Crippen molar-refractivity contribution in [1.82, 2.24) is 9.55 Å². The standard InChI is InChI=1S/C13H11N3/c1-5-10-7-12-13(8-11(10)14-4)16(6-2)9(3)15-12/h1,7-8H,6H2,2-3H3. The number of aryl methyl sites for hydroxylation is 2. The number of hydrogen-bond donors (Lipinski definition) is 0. The van der Waals surface area contributed by atoms with E-state index in [0.29, 0.717) is 11.3 Å². The summed E-state index contributed by atoms with van der Waals surface area (Å²) < 4.78 is 2.07. The van der Waals surface area contributed by atoms with Crippen LogP contribution in [0.2, 0.25) is 0 Å². The molecule has 1 aromatic heterocycles. The highest BCUT2D eigenvalue weighted by Gasteiger charge is 2.09. The van der Waals surface area contributed by atoms with E-state index in [-0.39, 0.29) is 0 Å². The fraction of sp³-hybridized carbons (Fsp3) is 0.231. The molecule has 0 unspecified atom stereocenters. The third kappa shape index (κ3) is 1.34. The number of hydrogen-bond acceptors (Lipinski definition) is 1. The molecule has 0 saturated heterocycles. The van der Waals surface area contributed by atoms with E-state index >= 15 is 0 Å². The molecule has 0 atom stereocenters. The number of imidazole rings is 1. The van der Waals surface area contributed by atoms with Crippen molar-refractivity contribution in [3.63, 3.8) is 0 Å². The number of rotatable bonds is 1. The molecule has 1 aromatic carbocycles. The monoisotopic (exact) mass is 209 g/mol. The van der Waals surface area contributed by atoms with Gasteiger partial charge in [-0.2, -0.15) is 0 Å². The fourth-order valence-corrected chi connectivity index (χ4v) is 1.89. The van der Waals surface area contributed by atoms with Crippen LogP contribution in [-0.4, -0.2) is 9.55 Å². The molecular formula is C13H11N3. The molecule has 0 aliphatic rings. The van der Waals surface area contributed by atoms with Gasteiger partial charge in [-0.3, -0.25) is 0 Å². The third-order valence-corrected chi connectivity index (χ3v) is 2.65. The van der Waals surface area contributed by atoms with Crippen molar-refractivity contribution in [3.8, 4) is 12.3 Å². The fourth-order valence-electron chi connectivity index (χ4n) is 1.89. The molecule has 0 aliphatic carbocycles. The van der Waals surface area contributed by atoms with Crippen LogP contribution < -0.4 is 0 Å². The maximum Gasteiger partial charge on any atom is 0.204 e. The Bertz CT molecular complexity index is 636. The summed E-state index contributed by atoms with van der Waals surface area (Å²) in [6.07, 6.45) is 5.37. The zero-order valence-electron chi connectivity index (χ0n) is 9.28. The van der Waals surface area contributed by atoms with Crippen LogP contribution in [0.5, 0.6) is 0 Å². The van der Waals surface area contributed by atoms with Crippen LogP contribution in [0, 0.1) is 25.8 Å². The molecule has 0 fully saturated rings. The van der Waals surface area contributed by atoms with E-state index in [4.69, 9.17) is 13.0 Å². The van der Waals surface area contributed by atoms with E-state index in [2.05, 4.69) is 27.2 Å². The minimum atomic E-state index is 0.518. The highest BCUT2D eigenvalue weighted by molar-refractivity contribution is 5.84. The molecule has 0 spiro atoms. The van der Waals surface area contributed by atoms with E-state index in [1.807, 2.05) is 19.1 Å². The van der Waals surface area contributed by atoms with Crippen molar-refractivity contribution in [2.24, 2.45) is 0 Å². The first kappa shape index (κ1) is 10.3. The predicted octanol–water partition coefficient (Wildman–Crippen LogP) is 2.90. The number of nitrogens with zero attached hydrogens (tertiary/aromatic N) is 3. The van der Waals surface area contributed by atoms with Crippen LogP contribution in [0.25, 0.3) is 15.9 Å². The Morgan fingerprint density at radius 2 is 2.31 bits per heavy atom. The molecule has 0 bridgehead atoms. The molecule has 2 rings (SSSR count). The molecule has 78 valence electrons. The highest BCUT2D eigenvalue weighted by Crippen LogP contribution is 2.26. The van der Waals surface area contributed by atoms with Crippen molar-refractivity contribution in [1.29, 1.82) is 0 Å². The summed E-state index contributed by atoms with van der Waals surface area (Å²) in [7, 11) is 0. The van der Waals surface area contributed by atoms with Gasteiger partial charge in [0.15, 0.2) is 0 Å². The van der Waals surface area contributed by atoms with Crippen molar-refractivity contribution >= 4 is 16.7 Å². The molecule has 0 radical (unpaired) electrons. The second-order valence-electron chi connectivity index (χ2n) is 3.52. The van der Waals surface area contributed by atoms with Crippen LogP contribution in [0.15, 0.2) is 12.1 Å². The molecule has 3 nitrogen and oxygen atoms in total. The van der Waals surface area contributed by atoms with Gasteiger partial charge in [-0.25, -0.2) is 9.83 Å². The summed E-state index contributed by atoms with van der Waals surface area (Å²) in [6.45, 7) is 12.0. The van der Waals surface area contributed by atoms with Gasteiger partial charge in [0, 0.05) is 12.1 Å². The third-order valence-electron chi connectivity index (χ3n) is 2.65. The first-order chi connectivity index (χ1) is 7.71. The van der Waals surface area contributed by atoms with Gasteiger partial charge >= 0.3 is 0 Å². The van der Waals surface area contributed by atoms with Gasteiger partial charge in [-0.05, 0) is 26.0 Å². The average Bonchev–Trinajstić information content (AvgIpc) is 2.61. The molecule has 3 heteroatoms. The van der Waals surface area contributed by atoms with E-state index in [1.165, 1.54) is 0 Å². The Hall–Kier alpha value is -2.26. The highest BCUT2D eigenvalue weighted by atomic mass is 15.1. The van der Waals surface area contributed by atoms with Crippen LogP contribution >= 0.6 is 0 Å². The van der Waals surface area contributed by atoms with Crippen molar-refractivity contribution < 1.29 is 0 Å². The minimum absolute atomic E-state index is 0.518. The number of aromatic nitrogens is 2. The zero-order chi connectivity index (χ0) is 11.7. The lowest BCUT2D eigenvalue weighted by atomic mass is 10.1. The van der Waals surface area contributed by atoms with Gasteiger partial charge in [0.25, 0.3) is 0 Å². The Balaban J connectivity index is 2.86. The number of benzene rings is 1. The van der Waals surface area contributed by atoms with E-state index in [9.17, 15) is 0 Å². The van der Waals surface area contributed by atoms with Gasteiger partial charge in [0.1, 0.15) is 5.82 Å². The number of fused-ring (bicyclic) bond motifs is 1.